The number of halogens is 2. The molecule has 1 N–H and O–H groups in total. The van der Waals surface area contributed by atoms with Crippen molar-refractivity contribution < 1.29 is 14.3 Å². The maximum atomic E-state index is 13.5. The van der Waals surface area contributed by atoms with Crippen LogP contribution in [-0.2, 0) is 22.6 Å². The molecule has 0 fully saturated rings. The average molecular weight is 513 g/mol. The minimum absolute atomic E-state index is 0.139. The topological polar surface area (TPSA) is 58.6 Å². The first-order chi connectivity index (χ1) is 17.0. The minimum atomic E-state index is -0.688. The van der Waals surface area contributed by atoms with Gasteiger partial charge in [-0.25, -0.2) is 0 Å². The predicted octanol–water partition coefficient (Wildman–Crippen LogP) is 5.93. The van der Waals surface area contributed by atoms with E-state index < -0.39 is 6.04 Å². The summed E-state index contributed by atoms with van der Waals surface area (Å²) in [6.45, 7) is 2.93. The lowest BCUT2D eigenvalue weighted by Gasteiger charge is -2.32. The number of hydrogen-bond donors (Lipinski definition) is 1. The molecule has 2 amide bonds. The van der Waals surface area contributed by atoms with Crippen LogP contribution in [0.2, 0.25) is 10.0 Å². The maximum Gasteiger partial charge on any atom is 0.243 e. The van der Waals surface area contributed by atoms with Crippen molar-refractivity contribution in [2.75, 3.05) is 13.2 Å². The number of nitrogens with one attached hydrogen (secondary N) is 1. The van der Waals surface area contributed by atoms with Crippen molar-refractivity contribution in [3.63, 3.8) is 0 Å². The predicted molar refractivity (Wildman–Crippen MR) is 141 cm³/mol. The Hall–Kier alpha value is -3.02. The van der Waals surface area contributed by atoms with Crippen LogP contribution in [0.1, 0.15) is 30.9 Å². The van der Waals surface area contributed by atoms with Gasteiger partial charge in [0.15, 0.2) is 0 Å². The van der Waals surface area contributed by atoms with Gasteiger partial charge in [-0.2, -0.15) is 0 Å². The van der Waals surface area contributed by atoms with Crippen LogP contribution in [0, 0.1) is 0 Å². The SMILES string of the molecule is CCNC(=O)[C@H](Cc1ccccc1)N(Cc1ccc(Cl)cc1Cl)C(=O)CCCOc1ccccc1. The molecule has 0 saturated heterocycles. The molecule has 0 aliphatic heterocycles. The Morgan fingerprint density at radius 2 is 1.66 bits per heavy atom. The highest BCUT2D eigenvalue weighted by molar-refractivity contribution is 6.35. The van der Waals surface area contributed by atoms with Crippen LogP contribution in [0.25, 0.3) is 0 Å². The van der Waals surface area contributed by atoms with Gasteiger partial charge >= 0.3 is 0 Å². The summed E-state index contributed by atoms with van der Waals surface area (Å²) in [7, 11) is 0. The summed E-state index contributed by atoms with van der Waals surface area (Å²) in [4.78, 5) is 28.3. The molecule has 5 nitrogen and oxygen atoms in total. The lowest BCUT2D eigenvalue weighted by atomic mass is 10.0. The molecule has 0 unspecified atom stereocenters. The number of rotatable bonds is 12. The Kier molecular flexibility index (Phi) is 10.5. The van der Waals surface area contributed by atoms with Crippen molar-refractivity contribution in [2.24, 2.45) is 0 Å². The van der Waals surface area contributed by atoms with Gasteiger partial charge in [0.25, 0.3) is 0 Å². The fourth-order valence-corrected chi connectivity index (χ4v) is 4.22. The zero-order valence-electron chi connectivity index (χ0n) is 19.8. The van der Waals surface area contributed by atoms with E-state index in [9.17, 15) is 9.59 Å². The molecule has 3 aromatic rings. The smallest absolute Gasteiger partial charge is 0.243 e. The standard InChI is InChI=1S/C28H30Cl2N2O3/c1-2-31-28(34)26(18-21-10-5-3-6-11-21)32(20-22-15-16-23(29)19-25(22)30)27(33)14-9-17-35-24-12-7-4-8-13-24/h3-8,10-13,15-16,19,26H,2,9,14,17-18,20H2,1H3,(H,31,34)/t26-/m0/s1. The molecule has 0 aromatic heterocycles. The van der Waals surface area contributed by atoms with E-state index in [1.54, 1.807) is 23.1 Å². The molecule has 0 heterocycles. The summed E-state index contributed by atoms with van der Waals surface area (Å²) < 4.78 is 5.74. The van der Waals surface area contributed by atoms with Crippen molar-refractivity contribution in [1.29, 1.82) is 0 Å². The first-order valence-corrected chi connectivity index (χ1v) is 12.5. The third-order valence-corrected chi connectivity index (χ3v) is 6.11. The van der Waals surface area contributed by atoms with E-state index in [-0.39, 0.29) is 24.8 Å². The Labute approximate surface area is 217 Å². The van der Waals surface area contributed by atoms with Crippen molar-refractivity contribution in [1.82, 2.24) is 10.2 Å². The number of amides is 2. The van der Waals surface area contributed by atoms with Crippen LogP contribution in [0.15, 0.2) is 78.9 Å². The fraction of sp³-hybridized carbons (Fsp3) is 0.286. The van der Waals surface area contributed by atoms with Gasteiger partial charge < -0.3 is 15.0 Å². The number of carbonyl (C=O) groups is 2. The van der Waals surface area contributed by atoms with Crippen molar-refractivity contribution in [3.8, 4) is 5.75 Å². The number of hydrogen-bond acceptors (Lipinski definition) is 3. The van der Waals surface area contributed by atoms with Crippen LogP contribution in [0.5, 0.6) is 5.75 Å². The summed E-state index contributed by atoms with van der Waals surface area (Å²) in [6, 6.07) is 23.6. The van der Waals surface area contributed by atoms with Crippen LogP contribution >= 0.6 is 23.2 Å². The number of ether oxygens (including phenoxy) is 1. The number of carbonyl (C=O) groups excluding carboxylic acids is 2. The molecule has 0 bridgehead atoms. The largest absolute Gasteiger partial charge is 0.494 e. The van der Waals surface area contributed by atoms with Gasteiger partial charge in [0, 0.05) is 36.0 Å². The maximum absolute atomic E-state index is 13.5. The monoisotopic (exact) mass is 512 g/mol. The van der Waals surface area contributed by atoms with Crippen molar-refractivity contribution >= 4 is 35.0 Å². The molecule has 1 atom stereocenters. The molecule has 3 aromatic carbocycles. The molecule has 3 rings (SSSR count). The molecule has 35 heavy (non-hydrogen) atoms. The van der Waals surface area contributed by atoms with E-state index in [2.05, 4.69) is 5.32 Å². The molecule has 0 radical (unpaired) electrons. The van der Waals surface area contributed by atoms with Crippen molar-refractivity contribution in [2.45, 2.75) is 38.8 Å². The Bertz CT molecular complexity index is 1090. The van der Waals surface area contributed by atoms with Gasteiger partial charge in [0.1, 0.15) is 11.8 Å². The molecule has 0 spiro atoms. The summed E-state index contributed by atoms with van der Waals surface area (Å²) in [5, 5.41) is 3.86. The van der Waals surface area contributed by atoms with E-state index in [4.69, 9.17) is 27.9 Å². The van der Waals surface area contributed by atoms with Crippen LogP contribution < -0.4 is 10.1 Å². The molecule has 0 aliphatic carbocycles. The molecule has 0 aliphatic rings. The first kappa shape index (κ1) is 26.6. The van der Waals surface area contributed by atoms with Gasteiger partial charge in [-0.1, -0.05) is 77.8 Å². The quantitative estimate of drug-likeness (QED) is 0.306. The van der Waals surface area contributed by atoms with Crippen LogP contribution in [0.3, 0.4) is 0 Å². The summed E-state index contributed by atoms with van der Waals surface area (Å²) >= 11 is 12.5. The van der Waals surface area contributed by atoms with Gasteiger partial charge in [0.2, 0.25) is 11.8 Å². The lowest BCUT2D eigenvalue weighted by Crippen LogP contribution is -2.50. The van der Waals surface area contributed by atoms with E-state index in [0.717, 1.165) is 16.9 Å². The Morgan fingerprint density at radius 1 is 0.971 bits per heavy atom. The highest BCUT2D eigenvalue weighted by atomic mass is 35.5. The second kappa shape index (κ2) is 13.8. The second-order valence-electron chi connectivity index (χ2n) is 8.12. The highest BCUT2D eigenvalue weighted by Crippen LogP contribution is 2.24. The van der Waals surface area contributed by atoms with E-state index in [0.29, 0.717) is 36.0 Å². The molecular weight excluding hydrogens is 483 g/mol. The summed E-state index contributed by atoms with van der Waals surface area (Å²) in [5.74, 6) is 0.421. The van der Waals surface area contributed by atoms with Crippen LogP contribution in [-0.4, -0.2) is 35.9 Å². The molecule has 0 saturated carbocycles. The van der Waals surface area contributed by atoms with Gasteiger partial charge in [0.05, 0.1) is 6.61 Å². The van der Waals surface area contributed by atoms with E-state index in [1.165, 1.54) is 0 Å². The highest BCUT2D eigenvalue weighted by Gasteiger charge is 2.30. The number of nitrogens with zero attached hydrogens (tertiary/aromatic N) is 1. The Balaban J connectivity index is 1.80. The Morgan fingerprint density at radius 3 is 2.31 bits per heavy atom. The number of para-hydroxylation sites is 1. The van der Waals surface area contributed by atoms with Gasteiger partial charge in [-0.3, -0.25) is 9.59 Å². The molecule has 7 heteroatoms. The fourth-order valence-electron chi connectivity index (χ4n) is 3.75. The van der Waals surface area contributed by atoms with Gasteiger partial charge in [-0.05, 0) is 48.7 Å². The average Bonchev–Trinajstić information content (AvgIpc) is 2.86. The zero-order chi connectivity index (χ0) is 25.0. The second-order valence-corrected chi connectivity index (χ2v) is 8.97. The third-order valence-electron chi connectivity index (χ3n) is 5.52. The van der Waals surface area contributed by atoms with Crippen LogP contribution in [0.4, 0.5) is 0 Å². The van der Waals surface area contributed by atoms with E-state index >= 15 is 0 Å². The zero-order valence-corrected chi connectivity index (χ0v) is 21.3. The summed E-state index contributed by atoms with van der Waals surface area (Å²) in [5.41, 5.74) is 1.70. The summed E-state index contributed by atoms with van der Waals surface area (Å²) in [6.07, 6.45) is 1.15. The van der Waals surface area contributed by atoms with E-state index in [1.807, 2.05) is 67.6 Å². The minimum Gasteiger partial charge on any atom is -0.494 e. The number of likely N-dealkylation sites (N-methyl/N-ethyl adjacent to an activating group) is 1. The number of benzene rings is 3. The molecule has 184 valence electrons. The van der Waals surface area contributed by atoms with Gasteiger partial charge in [-0.15, -0.1) is 0 Å². The normalized spacial score (nSPS) is 11.5. The first-order valence-electron chi connectivity index (χ1n) is 11.7. The van der Waals surface area contributed by atoms with Crippen molar-refractivity contribution in [3.05, 3.63) is 100 Å². The molecular formula is C28H30Cl2N2O3. The lowest BCUT2D eigenvalue weighted by molar-refractivity contribution is -0.141. The third kappa shape index (κ3) is 8.30.